The van der Waals surface area contributed by atoms with Gasteiger partial charge >= 0.3 is 0 Å². The molecule has 0 bridgehead atoms. The van der Waals surface area contributed by atoms with Crippen LogP contribution in [0.25, 0.3) is 11.3 Å². The van der Waals surface area contributed by atoms with Gasteiger partial charge in [-0.2, -0.15) is 0 Å². The predicted octanol–water partition coefficient (Wildman–Crippen LogP) is 2.40. The first-order chi connectivity index (χ1) is 8.65. The maximum atomic E-state index is 5.48. The minimum atomic E-state index is 0.581. The molecule has 0 aliphatic rings. The summed E-state index contributed by atoms with van der Waals surface area (Å²) in [6.45, 7) is 4.70. The van der Waals surface area contributed by atoms with Crippen LogP contribution in [0.5, 0.6) is 5.75 Å². The summed E-state index contributed by atoms with van der Waals surface area (Å²) in [6, 6.07) is 4.21. The Balaban J connectivity index is 2.48. The first-order valence-electron chi connectivity index (χ1n) is 5.69. The predicted molar refractivity (Wildman–Crippen MR) is 74.6 cm³/mol. The Bertz CT molecular complexity index is 551. The van der Waals surface area contributed by atoms with E-state index in [1.165, 1.54) is 5.56 Å². The van der Waals surface area contributed by atoms with Gasteiger partial charge in [0.05, 0.1) is 19.3 Å². The van der Waals surface area contributed by atoms with E-state index in [-0.39, 0.29) is 0 Å². The lowest BCUT2D eigenvalue weighted by Gasteiger charge is -2.11. The summed E-state index contributed by atoms with van der Waals surface area (Å²) in [5.41, 5.74) is 6.92. The molecule has 0 unspecified atom stereocenters. The van der Waals surface area contributed by atoms with Gasteiger partial charge in [0.25, 0.3) is 0 Å². The molecule has 0 saturated carbocycles. The first-order valence-corrected chi connectivity index (χ1v) is 6.57. The van der Waals surface area contributed by atoms with E-state index in [4.69, 9.17) is 10.6 Å². The maximum Gasteiger partial charge on any atom is 0.131 e. The van der Waals surface area contributed by atoms with E-state index >= 15 is 0 Å². The van der Waals surface area contributed by atoms with Crippen LogP contribution in [0, 0.1) is 13.8 Å². The third kappa shape index (κ3) is 2.53. The number of benzene rings is 1. The number of thiazole rings is 1. The Morgan fingerprint density at radius 2 is 2.17 bits per heavy atom. The Kier molecular flexibility index (Phi) is 3.96. The Morgan fingerprint density at radius 3 is 2.83 bits per heavy atom. The molecule has 4 nitrogen and oxygen atoms in total. The van der Waals surface area contributed by atoms with Crippen LogP contribution in [-0.2, 0) is 6.54 Å². The number of hydrogen-bond acceptors (Lipinski definition) is 5. The molecule has 0 fully saturated rings. The molecule has 0 saturated heterocycles. The van der Waals surface area contributed by atoms with Gasteiger partial charge in [-0.25, -0.2) is 4.98 Å². The highest BCUT2D eigenvalue weighted by Gasteiger charge is 2.12. The van der Waals surface area contributed by atoms with Crippen LogP contribution in [-0.4, -0.2) is 12.1 Å². The molecule has 1 heterocycles. The summed E-state index contributed by atoms with van der Waals surface area (Å²) in [6.07, 6.45) is 0. The SMILES string of the molecule is COc1c(C)cc(C)cc1-c1csc(CNN)n1. The molecule has 5 heteroatoms. The van der Waals surface area contributed by atoms with Crippen molar-refractivity contribution in [2.75, 3.05) is 7.11 Å². The average Bonchev–Trinajstić information content (AvgIpc) is 2.77. The highest BCUT2D eigenvalue weighted by molar-refractivity contribution is 7.09. The van der Waals surface area contributed by atoms with Gasteiger partial charge < -0.3 is 4.74 Å². The van der Waals surface area contributed by atoms with Gasteiger partial charge in [0.1, 0.15) is 10.8 Å². The average molecular weight is 263 g/mol. The zero-order valence-corrected chi connectivity index (χ0v) is 11.6. The van der Waals surface area contributed by atoms with Crippen molar-refractivity contribution in [1.29, 1.82) is 0 Å². The summed E-state index contributed by atoms with van der Waals surface area (Å²) in [5, 5.41) is 3.00. The van der Waals surface area contributed by atoms with Crippen LogP contribution in [0.3, 0.4) is 0 Å². The van der Waals surface area contributed by atoms with Crippen LogP contribution < -0.4 is 16.0 Å². The lowest BCUT2D eigenvalue weighted by Crippen LogP contribution is -2.20. The molecule has 1 aromatic heterocycles. The van der Waals surface area contributed by atoms with Gasteiger partial charge in [-0.05, 0) is 31.0 Å². The summed E-state index contributed by atoms with van der Waals surface area (Å²) in [4.78, 5) is 4.56. The van der Waals surface area contributed by atoms with Crippen LogP contribution in [0.2, 0.25) is 0 Å². The van der Waals surface area contributed by atoms with E-state index in [9.17, 15) is 0 Å². The standard InChI is InChI=1S/C13H17N3OS/c1-8-4-9(2)13(17-3)10(5-8)11-7-18-12(16-11)6-15-14/h4-5,7,15H,6,14H2,1-3H3. The van der Waals surface area contributed by atoms with Crippen LogP contribution >= 0.6 is 11.3 Å². The van der Waals surface area contributed by atoms with Crippen LogP contribution in [0.1, 0.15) is 16.1 Å². The highest BCUT2D eigenvalue weighted by Crippen LogP contribution is 2.34. The van der Waals surface area contributed by atoms with Crippen molar-refractivity contribution >= 4 is 11.3 Å². The molecule has 2 aromatic rings. The molecule has 0 aliphatic carbocycles. The van der Waals surface area contributed by atoms with Crippen molar-refractivity contribution in [3.63, 3.8) is 0 Å². The second-order valence-corrected chi connectivity index (χ2v) is 5.11. The van der Waals surface area contributed by atoms with Crippen molar-refractivity contribution < 1.29 is 4.74 Å². The third-order valence-corrected chi connectivity index (χ3v) is 3.55. The Hall–Kier alpha value is -1.43. The highest BCUT2D eigenvalue weighted by atomic mass is 32.1. The largest absolute Gasteiger partial charge is 0.496 e. The summed E-state index contributed by atoms with van der Waals surface area (Å²) >= 11 is 1.59. The quantitative estimate of drug-likeness (QED) is 0.657. The third-order valence-electron chi connectivity index (χ3n) is 2.70. The van der Waals surface area contributed by atoms with E-state index in [2.05, 4.69) is 29.5 Å². The molecule has 0 amide bonds. The number of aryl methyl sites for hydroxylation is 2. The fourth-order valence-electron chi connectivity index (χ4n) is 2.02. The molecule has 0 atom stereocenters. The summed E-state index contributed by atoms with van der Waals surface area (Å²) in [7, 11) is 1.69. The second-order valence-electron chi connectivity index (χ2n) is 4.17. The van der Waals surface area contributed by atoms with Crippen LogP contribution in [0.4, 0.5) is 0 Å². The maximum absolute atomic E-state index is 5.48. The number of ether oxygens (including phenoxy) is 1. The zero-order valence-electron chi connectivity index (χ0n) is 10.8. The second kappa shape index (κ2) is 5.48. The topological polar surface area (TPSA) is 60.2 Å². The molecule has 3 N–H and O–H groups in total. The molecule has 0 radical (unpaired) electrons. The smallest absolute Gasteiger partial charge is 0.131 e. The van der Waals surface area contributed by atoms with Crippen molar-refractivity contribution in [1.82, 2.24) is 10.4 Å². The fourth-order valence-corrected chi connectivity index (χ4v) is 2.76. The Labute approximate surface area is 111 Å². The van der Waals surface area contributed by atoms with Gasteiger partial charge in [-0.3, -0.25) is 11.3 Å². The first kappa shape index (κ1) is 13.0. The number of aromatic nitrogens is 1. The Morgan fingerprint density at radius 1 is 1.39 bits per heavy atom. The van der Waals surface area contributed by atoms with E-state index in [1.807, 2.05) is 12.3 Å². The van der Waals surface area contributed by atoms with Gasteiger partial charge in [0.2, 0.25) is 0 Å². The molecule has 1 aromatic carbocycles. The monoisotopic (exact) mass is 263 g/mol. The molecule has 0 aliphatic heterocycles. The van der Waals surface area contributed by atoms with E-state index < -0.39 is 0 Å². The number of nitrogens with one attached hydrogen (secondary N) is 1. The van der Waals surface area contributed by atoms with Gasteiger partial charge in [0.15, 0.2) is 0 Å². The van der Waals surface area contributed by atoms with Gasteiger partial charge in [-0.1, -0.05) is 6.07 Å². The number of hydrogen-bond donors (Lipinski definition) is 2. The number of nitrogens with two attached hydrogens (primary N) is 1. The van der Waals surface area contributed by atoms with Crippen LogP contribution in [0.15, 0.2) is 17.5 Å². The normalized spacial score (nSPS) is 10.7. The molecular formula is C13H17N3OS. The lowest BCUT2D eigenvalue weighted by atomic mass is 10.0. The lowest BCUT2D eigenvalue weighted by molar-refractivity contribution is 0.413. The fraction of sp³-hybridized carbons (Fsp3) is 0.308. The zero-order chi connectivity index (χ0) is 13.1. The van der Waals surface area contributed by atoms with Crippen molar-refractivity contribution in [3.8, 4) is 17.0 Å². The van der Waals surface area contributed by atoms with Crippen molar-refractivity contribution in [3.05, 3.63) is 33.6 Å². The molecular weight excluding hydrogens is 246 g/mol. The molecule has 96 valence electrons. The number of nitrogens with zero attached hydrogens (tertiary/aromatic N) is 1. The number of hydrazine groups is 1. The number of methoxy groups -OCH3 is 1. The minimum Gasteiger partial charge on any atom is -0.496 e. The molecule has 2 rings (SSSR count). The van der Waals surface area contributed by atoms with Crippen molar-refractivity contribution in [2.45, 2.75) is 20.4 Å². The van der Waals surface area contributed by atoms with E-state index in [0.29, 0.717) is 6.54 Å². The minimum absolute atomic E-state index is 0.581. The molecule has 0 spiro atoms. The summed E-state index contributed by atoms with van der Waals surface area (Å²) < 4.78 is 5.48. The van der Waals surface area contributed by atoms with E-state index in [0.717, 1.165) is 27.6 Å². The van der Waals surface area contributed by atoms with Gasteiger partial charge in [0, 0.05) is 10.9 Å². The van der Waals surface area contributed by atoms with Gasteiger partial charge in [-0.15, -0.1) is 11.3 Å². The van der Waals surface area contributed by atoms with E-state index in [1.54, 1.807) is 18.4 Å². The number of rotatable bonds is 4. The molecule has 18 heavy (non-hydrogen) atoms. The summed E-state index contributed by atoms with van der Waals surface area (Å²) in [5.74, 6) is 6.19. The van der Waals surface area contributed by atoms with Crippen molar-refractivity contribution in [2.24, 2.45) is 5.84 Å².